The average molecular weight is 470 g/mol. The second-order valence-corrected chi connectivity index (χ2v) is 8.15. The van der Waals surface area contributed by atoms with E-state index in [9.17, 15) is 14.3 Å². The molecule has 0 aliphatic carbocycles. The van der Waals surface area contributed by atoms with Crippen molar-refractivity contribution >= 4 is 11.7 Å². The smallest absolute Gasteiger partial charge is 0.319 e. The zero-order valence-corrected chi connectivity index (χ0v) is 18.9. The van der Waals surface area contributed by atoms with E-state index in [4.69, 9.17) is 9.47 Å². The number of rotatable bonds is 8. The molecule has 1 aromatic heterocycles. The lowest BCUT2D eigenvalue weighted by Crippen LogP contribution is -2.52. The molecule has 0 radical (unpaired) electrons. The molecule has 10 heteroatoms. The van der Waals surface area contributed by atoms with Gasteiger partial charge in [-0.15, -0.1) is 5.10 Å². The number of hydrogen-bond acceptors (Lipinski definition) is 6. The first-order valence-corrected chi connectivity index (χ1v) is 11.2. The number of halogens is 1. The van der Waals surface area contributed by atoms with E-state index in [1.54, 1.807) is 11.8 Å². The molecule has 3 atom stereocenters. The summed E-state index contributed by atoms with van der Waals surface area (Å²) in [5.41, 5.74) is 2.21. The van der Waals surface area contributed by atoms with E-state index in [0.717, 1.165) is 23.4 Å². The van der Waals surface area contributed by atoms with Crippen molar-refractivity contribution in [1.82, 2.24) is 20.3 Å². The van der Waals surface area contributed by atoms with Crippen molar-refractivity contribution in [3.63, 3.8) is 0 Å². The van der Waals surface area contributed by atoms with Crippen LogP contribution in [-0.4, -0.2) is 58.1 Å². The quantitative estimate of drug-likeness (QED) is 0.467. The maximum absolute atomic E-state index is 13.0. The van der Waals surface area contributed by atoms with Crippen LogP contribution in [0.5, 0.6) is 5.75 Å². The fourth-order valence-electron chi connectivity index (χ4n) is 3.96. The molecule has 4 rings (SSSR count). The summed E-state index contributed by atoms with van der Waals surface area (Å²) in [5, 5.41) is 23.7. The van der Waals surface area contributed by atoms with Gasteiger partial charge in [0.05, 0.1) is 32.1 Å². The van der Waals surface area contributed by atoms with Crippen LogP contribution in [0, 0.1) is 5.82 Å². The van der Waals surface area contributed by atoms with E-state index < -0.39 is 12.1 Å². The third-order valence-electron chi connectivity index (χ3n) is 5.82. The third kappa shape index (κ3) is 6.09. The first kappa shape index (κ1) is 23.7. The van der Waals surface area contributed by atoms with Crippen LogP contribution in [0.2, 0.25) is 0 Å². The van der Waals surface area contributed by atoms with E-state index in [2.05, 4.69) is 20.9 Å². The molecule has 2 heterocycles. The highest BCUT2D eigenvalue weighted by Gasteiger charge is 2.31. The highest BCUT2D eigenvalue weighted by Crippen LogP contribution is 2.24. The molecular formula is C24H28FN5O4. The predicted molar refractivity (Wildman–Crippen MR) is 124 cm³/mol. The second-order valence-electron chi connectivity index (χ2n) is 8.15. The molecule has 1 aliphatic rings. The van der Waals surface area contributed by atoms with Gasteiger partial charge in [0.2, 0.25) is 0 Å². The summed E-state index contributed by atoms with van der Waals surface area (Å²) >= 11 is 0. The number of aliphatic hydroxyl groups excluding tert-OH is 1. The number of aryl methyl sites for hydroxylation is 1. The topological polar surface area (TPSA) is 111 Å². The maximum Gasteiger partial charge on any atom is 0.319 e. The minimum atomic E-state index is -0.511. The van der Waals surface area contributed by atoms with Crippen molar-refractivity contribution in [1.29, 1.82) is 0 Å². The number of amides is 2. The van der Waals surface area contributed by atoms with Gasteiger partial charge in [0, 0.05) is 17.8 Å². The summed E-state index contributed by atoms with van der Waals surface area (Å²) in [4.78, 5) is 12.3. The summed E-state index contributed by atoms with van der Waals surface area (Å²) in [6, 6.07) is 12.4. The molecule has 1 fully saturated rings. The van der Waals surface area contributed by atoms with Gasteiger partial charge in [0.15, 0.2) is 0 Å². The van der Waals surface area contributed by atoms with Crippen molar-refractivity contribution in [2.75, 3.05) is 19.0 Å². The standard InChI is InChI=1S/C24H28FN5O4/c1-33-19-8-2-16(3-9-19)22-14-30(29-28-22)13-12-20-10-11-21(23(15-31)34-20)27-24(32)26-18-6-4-17(25)5-7-18/h2-9,14,20-21,23,31H,10-13,15H2,1H3,(H2,26,27,32)/t20-,21+,23-/m1/s1. The maximum atomic E-state index is 13.0. The first-order valence-electron chi connectivity index (χ1n) is 11.2. The van der Waals surface area contributed by atoms with Gasteiger partial charge in [-0.3, -0.25) is 4.68 Å². The number of nitrogens with one attached hydrogen (secondary N) is 2. The van der Waals surface area contributed by atoms with E-state index in [1.165, 1.54) is 24.3 Å². The monoisotopic (exact) mass is 469 g/mol. The minimum absolute atomic E-state index is 0.0657. The SMILES string of the molecule is COc1ccc(-c2cn(CC[C@H]3CC[C@H](NC(=O)Nc4ccc(F)cc4)[C@@H](CO)O3)nn2)cc1. The first-order chi connectivity index (χ1) is 16.5. The van der Waals surface area contributed by atoms with Crippen LogP contribution in [-0.2, 0) is 11.3 Å². The Morgan fingerprint density at radius 3 is 2.68 bits per heavy atom. The molecule has 0 saturated carbocycles. The number of methoxy groups -OCH3 is 1. The van der Waals surface area contributed by atoms with Crippen molar-refractivity contribution in [3.05, 3.63) is 60.5 Å². The van der Waals surface area contributed by atoms with Crippen molar-refractivity contribution < 1.29 is 23.8 Å². The van der Waals surface area contributed by atoms with Gasteiger partial charge in [0.1, 0.15) is 23.4 Å². The molecule has 180 valence electrons. The Hall–Kier alpha value is -3.50. The number of aliphatic hydroxyl groups is 1. The molecular weight excluding hydrogens is 441 g/mol. The Bertz CT molecular complexity index is 1070. The highest BCUT2D eigenvalue weighted by atomic mass is 19.1. The number of nitrogens with zero attached hydrogens (tertiary/aromatic N) is 3. The number of benzene rings is 2. The predicted octanol–water partition coefficient (Wildman–Crippen LogP) is 3.21. The Morgan fingerprint density at radius 2 is 1.97 bits per heavy atom. The Labute approximate surface area is 196 Å². The van der Waals surface area contributed by atoms with Crippen LogP contribution in [0.3, 0.4) is 0 Å². The van der Waals surface area contributed by atoms with E-state index in [-0.39, 0.29) is 24.6 Å². The zero-order valence-electron chi connectivity index (χ0n) is 18.9. The molecule has 2 amide bonds. The number of urea groups is 1. The van der Waals surface area contributed by atoms with Crippen LogP contribution in [0.4, 0.5) is 14.9 Å². The molecule has 3 aromatic rings. The van der Waals surface area contributed by atoms with Crippen LogP contribution in [0.1, 0.15) is 19.3 Å². The Morgan fingerprint density at radius 1 is 1.21 bits per heavy atom. The number of carbonyl (C=O) groups is 1. The van der Waals surface area contributed by atoms with E-state index >= 15 is 0 Å². The molecule has 0 spiro atoms. The van der Waals surface area contributed by atoms with Crippen molar-refractivity contribution in [3.8, 4) is 17.0 Å². The molecule has 0 unspecified atom stereocenters. The molecule has 2 aromatic carbocycles. The van der Waals surface area contributed by atoms with Gasteiger partial charge in [-0.1, -0.05) is 5.21 Å². The Balaban J connectivity index is 1.25. The van der Waals surface area contributed by atoms with E-state index in [1.807, 2.05) is 30.5 Å². The van der Waals surface area contributed by atoms with E-state index in [0.29, 0.717) is 25.1 Å². The average Bonchev–Trinajstić information content (AvgIpc) is 3.34. The number of hydrogen-bond donors (Lipinski definition) is 3. The molecule has 1 saturated heterocycles. The lowest BCUT2D eigenvalue weighted by molar-refractivity contribution is -0.0905. The molecule has 9 nitrogen and oxygen atoms in total. The van der Waals surface area contributed by atoms with Gasteiger partial charge in [-0.05, 0) is 67.8 Å². The molecule has 3 N–H and O–H groups in total. The van der Waals surface area contributed by atoms with Crippen LogP contribution >= 0.6 is 0 Å². The number of ether oxygens (including phenoxy) is 2. The fraction of sp³-hybridized carbons (Fsp3) is 0.375. The van der Waals surface area contributed by atoms with Crippen LogP contribution < -0.4 is 15.4 Å². The van der Waals surface area contributed by atoms with Gasteiger partial charge < -0.3 is 25.2 Å². The van der Waals surface area contributed by atoms with Gasteiger partial charge in [0.25, 0.3) is 0 Å². The summed E-state index contributed by atoms with van der Waals surface area (Å²) in [7, 11) is 1.63. The zero-order chi connectivity index (χ0) is 23.9. The normalized spacial score (nSPS) is 20.0. The molecule has 1 aliphatic heterocycles. The summed E-state index contributed by atoms with van der Waals surface area (Å²) < 4.78 is 26.0. The number of carbonyl (C=O) groups excluding carboxylic acids is 1. The lowest BCUT2D eigenvalue weighted by atomic mass is 9.97. The molecule has 34 heavy (non-hydrogen) atoms. The van der Waals surface area contributed by atoms with Crippen molar-refractivity contribution in [2.24, 2.45) is 0 Å². The number of aromatic nitrogens is 3. The second kappa shape index (κ2) is 11.1. The highest BCUT2D eigenvalue weighted by molar-refractivity contribution is 5.89. The number of anilines is 1. The van der Waals surface area contributed by atoms with Crippen LogP contribution in [0.15, 0.2) is 54.7 Å². The van der Waals surface area contributed by atoms with Crippen LogP contribution in [0.25, 0.3) is 11.3 Å². The molecule has 0 bridgehead atoms. The summed E-state index contributed by atoms with van der Waals surface area (Å²) in [6.07, 6.45) is 3.42. The summed E-state index contributed by atoms with van der Waals surface area (Å²) in [6.45, 7) is 0.415. The Kier molecular flexibility index (Phi) is 7.71. The third-order valence-corrected chi connectivity index (χ3v) is 5.82. The lowest BCUT2D eigenvalue weighted by Gasteiger charge is -2.36. The minimum Gasteiger partial charge on any atom is -0.497 e. The largest absolute Gasteiger partial charge is 0.497 e. The van der Waals surface area contributed by atoms with Gasteiger partial charge >= 0.3 is 6.03 Å². The van der Waals surface area contributed by atoms with Gasteiger partial charge in [-0.2, -0.15) is 0 Å². The van der Waals surface area contributed by atoms with Gasteiger partial charge in [-0.25, -0.2) is 9.18 Å². The summed E-state index contributed by atoms with van der Waals surface area (Å²) in [5.74, 6) is 0.408. The van der Waals surface area contributed by atoms with Crippen molar-refractivity contribution in [2.45, 2.75) is 44.1 Å². The fourth-order valence-corrected chi connectivity index (χ4v) is 3.96.